The molecule has 0 fully saturated rings. The normalized spacial score (nSPS) is 12.2. The monoisotopic (exact) mass is 357 g/mol. The number of thioether (sulfide) groups is 1. The van der Waals surface area contributed by atoms with Crippen LogP contribution in [0, 0.1) is 13.8 Å². The zero-order valence-electron chi connectivity index (χ0n) is 14.5. The number of carbonyl (C=O) groups is 1. The highest BCUT2D eigenvalue weighted by molar-refractivity contribution is 8.00. The minimum absolute atomic E-state index is 0.135. The maximum atomic E-state index is 12.5. The lowest BCUT2D eigenvalue weighted by molar-refractivity contribution is -0.115. The summed E-state index contributed by atoms with van der Waals surface area (Å²) < 4.78 is 7.11. The summed E-state index contributed by atoms with van der Waals surface area (Å²) in [4.78, 5) is 16.9. The fourth-order valence-corrected chi connectivity index (χ4v) is 3.37. The number of para-hydroxylation sites is 2. The van der Waals surface area contributed by atoms with Gasteiger partial charge in [0, 0.05) is 11.4 Å². The average Bonchev–Trinajstić information content (AvgIpc) is 2.98. The van der Waals surface area contributed by atoms with Crippen molar-refractivity contribution < 1.29 is 9.53 Å². The van der Waals surface area contributed by atoms with Crippen molar-refractivity contribution in [1.29, 1.82) is 0 Å². The molecule has 1 atom stereocenters. The molecule has 0 bridgehead atoms. The Hall–Kier alpha value is -2.61. The van der Waals surface area contributed by atoms with Gasteiger partial charge in [-0.2, -0.15) is 0 Å². The van der Waals surface area contributed by atoms with Crippen LogP contribution in [0.25, 0.3) is 5.78 Å². The van der Waals surface area contributed by atoms with Crippen LogP contribution >= 0.6 is 11.8 Å². The Bertz CT molecular complexity index is 925. The number of ether oxygens (including phenoxy) is 1. The number of rotatable bonds is 5. The first-order valence-electron chi connectivity index (χ1n) is 7.79. The number of aryl methyl sites for hydroxylation is 2. The summed E-state index contributed by atoms with van der Waals surface area (Å²) in [7, 11) is 1.57. The highest BCUT2D eigenvalue weighted by atomic mass is 32.2. The number of hydrogen-bond donors (Lipinski definition) is 1. The molecule has 0 spiro atoms. The van der Waals surface area contributed by atoms with E-state index in [-0.39, 0.29) is 11.2 Å². The molecule has 1 N–H and O–H groups in total. The second kappa shape index (κ2) is 7.10. The number of methoxy groups -OCH3 is 1. The molecule has 0 unspecified atom stereocenters. The van der Waals surface area contributed by atoms with Crippen molar-refractivity contribution in [2.45, 2.75) is 31.2 Å². The Morgan fingerprint density at radius 2 is 2.04 bits per heavy atom. The van der Waals surface area contributed by atoms with E-state index in [0.29, 0.717) is 22.4 Å². The molecular weight excluding hydrogens is 338 g/mol. The van der Waals surface area contributed by atoms with E-state index in [4.69, 9.17) is 4.74 Å². The molecule has 0 aliphatic rings. The number of benzene rings is 1. The molecule has 2 heterocycles. The SMILES string of the molecule is COc1ccccc1NC(=O)[C@H](C)Sc1nnc2nc(C)cc(C)n12. The molecule has 0 radical (unpaired) electrons. The molecule has 3 rings (SSSR count). The summed E-state index contributed by atoms with van der Waals surface area (Å²) in [6.07, 6.45) is 0. The van der Waals surface area contributed by atoms with Gasteiger partial charge in [-0.1, -0.05) is 23.9 Å². The first-order valence-corrected chi connectivity index (χ1v) is 8.67. The molecule has 7 nitrogen and oxygen atoms in total. The van der Waals surface area contributed by atoms with Crippen molar-refractivity contribution in [3.05, 3.63) is 41.7 Å². The van der Waals surface area contributed by atoms with E-state index in [1.165, 1.54) is 11.8 Å². The van der Waals surface area contributed by atoms with Gasteiger partial charge in [0.25, 0.3) is 5.78 Å². The van der Waals surface area contributed by atoms with Crippen LogP contribution in [-0.2, 0) is 4.79 Å². The number of hydrogen-bond acceptors (Lipinski definition) is 6. The second-order valence-electron chi connectivity index (χ2n) is 5.61. The number of amides is 1. The topological polar surface area (TPSA) is 81.4 Å². The summed E-state index contributed by atoms with van der Waals surface area (Å²) in [5, 5.41) is 11.4. The van der Waals surface area contributed by atoms with E-state index < -0.39 is 0 Å². The van der Waals surface area contributed by atoms with E-state index in [1.54, 1.807) is 19.2 Å². The number of fused-ring (bicyclic) bond motifs is 1. The lowest BCUT2D eigenvalue weighted by Crippen LogP contribution is -2.23. The van der Waals surface area contributed by atoms with Crippen molar-refractivity contribution in [3.8, 4) is 5.75 Å². The number of nitrogens with one attached hydrogen (secondary N) is 1. The molecule has 0 saturated heterocycles. The van der Waals surface area contributed by atoms with Crippen molar-refractivity contribution in [1.82, 2.24) is 19.6 Å². The van der Waals surface area contributed by atoms with Crippen LogP contribution in [-0.4, -0.2) is 37.8 Å². The Morgan fingerprint density at radius 3 is 2.80 bits per heavy atom. The van der Waals surface area contributed by atoms with Crippen molar-refractivity contribution >= 4 is 29.1 Å². The van der Waals surface area contributed by atoms with Gasteiger partial charge in [0.2, 0.25) is 5.91 Å². The largest absolute Gasteiger partial charge is 0.495 e. The highest BCUT2D eigenvalue weighted by Gasteiger charge is 2.20. The zero-order chi connectivity index (χ0) is 18.0. The first-order chi connectivity index (χ1) is 12.0. The molecular formula is C17H19N5O2S. The Balaban J connectivity index is 1.78. The molecule has 0 aliphatic carbocycles. The highest BCUT2D eigenvalue weighted by Crippen LogP contribution is 2.27. The quantitative estimate of drug-likeness (QED) is 0.707. The molecule has 130 valence electrons. The van der Waals surface area contributed by atoms with Crippen molar-refractivity contribution in [2.24, 2.45) is 0 Å². The zero-order valence-corrected chi connectivity index (χ0v) is 15.3. The van der Waals surface area contributed by atoms with Gasteiger partial charge >= 0.3 is 0 Å². The van der Waals surface area contributed by atoms with Crippen LogP contribution in [0.5, 0.6) is 5.75 Å². The van der Waals surface area contributed by atoms with Crippen molar-refractivity contribution in [3.63, 3.8) is 0 Å². The smallest absolute Gasteiger partial charge is 0.256 e. The molecule has 1 aromatic carbocycles. The maximum absolute atomic E-state index is 12.5. The summed E-state index contributed by atoms with van der Waals surface area (Å²) in [6, 6.07) is 9.26. The van der Waals surface area contributed by atoms with Gasteiger partial charge in [0.05, 0.1) is 18.0 Å². The van der Waals surface area contributed by atoms with Crippen LogP contribution in [0.2, 0.25) is 0 Å². The predicted octanol–water partition coefficient (Wildman–Crippen LogP) is 2.87. The third-order valence-corrected chi connectivity index (χ3v) is 4.72. The fraction of sp³-hybridized carbons (Fsp3) is 0.294. The fourth-order valence-electron chi connectivity index (χ4n) is 2.47. The van der Waals surface area contributed by atoms with Gasteiger partial charge in [-0.15, -0.1) is 10.2 Å². The number of aromatic nitrogens is 4. The summed E-state index contributed by atoms with van der Waals surface area (Å²) in [5.41, 5.74) is 2.50. The van der Waals surface area contributed by atoms with Gasteiger partial charge in [-0.3, -0.25) is 9.20 Å². The summed E-state index contributed by atoms with van der Waals surface area (Å²) in [5.74, 6) is 1.03. The van der Waals surface area contributed by atoms with Crippen LogP contribution in [0.1, 0.15) is 18.3 Å². The molecule has 3 aromatic rings. The van der Waals surface area contributed by atoms with Crippen molar-refractivity contribution in [2.75, 3.05) is 12.4 Å². The van der Waals surface area contributed by atoms with Gasteiger partial charge in [-0.05, 0) is 39.0 Å². The van der Waals surface area contributed by atoms with Crippen LogP contribution < -0.4 is 10.1 Å². The van der Waals surface area contributed by atoms with Gasteiger partial charge < -0.3 is 10.1 Å². The minimum atomic E-state index is -0.363. The molecule has 1 amide bonds. The molecule has 25 heavy (non-hydrogen) atoms. The molecule has 0 saturated carbocycles. The third kappa shape index (κ3) is 3.58. The van der Waals surface area contributed by atoms with Crippen LogP contribution in [0.15, 0.2) is 35.5 Å². The predicted molar refractivity (Wildman–Crippen MR) is 97.2 cm³/mol. The van der Waals surface area contributed by atoms with E-state index in [0.717, 1.165) is 11.4 Å². The minimum Gasteiger partial charge on any atom is -0.495 e. The standard InChI is InChI=1S/C17H19N5O2S/c1-10-9-11(2)22-16(18-10)20-21-17(22)25-12(3)15(23)19-13-7-5-6-8-14(13)24-4/h5-9,12H,1-4H3,(H,19,23)/t12-/m0/s1. The van der Waals surface area contributed by atoms with E-state index in [2.05, 4.69) is 20.5 Å². The number of anilines is 1. The first kappa shape index (κ1) is 17.2. The number of nitrogens with zero attached hydrogens (tertiary/aromatic N) is 4. The van der Waals surface area contributed by atoms with Gasteiger partial charge in [0.15, 0.2) is 5.16 Å². The van der Waals surface area contributed by atoms with E-state index in [1.807, 2.05) is 43.4 Å². The van der Waals surface area contributed by atoms with E-state index in [9.17, 15) is 4.79 Å². The summed E-state index contributed by atoms with van der Waals surface area (Å²) in [6.45, 7) is 5.71. The molecule has 2 aromatic heterocycles. The maximum Gasteiger partial charge on any atom is 0.256 e. The second-order valence-corrected chi connectivity index (χ2v) is 6.91. The van der Waals surface area contributed by atoms with Crippen LogP contribution in [0.3, 0.4) is 0 Å². The van der Waals surface area contributed by atoms with Crippen LogP contribution in [0.4, 0.5) is 5.69 Å². The molecule has 8 heteroatoms. The van der Waals surface area contributed by atoms with Gasteiger partial charge in [0.1, 0.15) is 5.75 Å². The molecule has 0 aliphatic heterocycles. The lowest BCUT2D eigenvalue weighted by atomic mass is 10.3. The average molecular weight is 357 g/mol. The Morgan fingerprint density at radius 1 is 1.28 bits per heavy atom. The Labute approximate surface area is 149 Å². The lowest BCUT2D eigenvalue weighted by Gasteiger charge is -2.13. The number of carbonyl (C=O) groups excluding carboxylic acids is 1. The van der Waals surface area contributed by atoms with Gasteiger partial charge in [-0.25, -0.2) is 4.98 Å². The van der Waals surface area contributed by atoms with E-state index >= 15 is 0 Å². The third-order valence-electron chi connectivity index (χ3n) is 3.68. The summed E-state index contributed by atoms with van der Waals surface area (Å²) >= 11 is 1.34. The Kier molecular flexibility index (Phi) is 4.89.